The van der Waals surface area contributed by atoms with Crippen molar-refractivity contribution in [3.05, 3.63) is 58.9 Å². The fourth-order valence-electron chi connectivity index (χ4n) is 2.46. The van der Waals surface area contributed by atoms with E-state index in [2.05, 4.69) is 14.9 Å². The molecule has 0 unspecified atom stereocenters. The Labute approximate surface area is 167 Å². The molecule has 8 nitrogen and oxygen atoms in total. The molecule has 0 spiro atoms. The SMILES string of the molecule is COc1ccc(-c2noc(CNS(=O)(=O)Cc3ccccc3Cl)n2)cc1OC. The van der Waals surface area contributed by atoms with Gasteiger partial charge in [0.15, 0.2) is 11.5 Å². The quantitative estimate of drug-likeness (QED) is 0.593. The second kappa shape index (κ2) is 8.59. The van der Waals surface area contributed by atoms with Crippen molar-refractivity contribution in [1.82, 2.24) is 14.9 Å². The lowest BCUT2D eigenvalue weighted by atomic mass is 10.2. The van der Waals surface area contributed by atoms with Gasteiger partial charge < -0.3 is 14.0 Å². The number of benzene rings is 2. The molecule has 3 aromatic rings. The molecule has 0 amide bonds. The Morgan fingerprint density at radius 1 is 1.11 bits per heavy atom. The highest BCUT2D eigenvalue weighted by atomic mass is 35.5. The average Bonchev–Trinajstić information content (AvgIpc) is 3.17. The fraction of sp³-hybridized carbons (Fsp3) is 0.222. The van der Waals surface area contributed by atoms with Gasteiger partial charge in [-0.05, 0) is 29.8 Å². The van der Waals surface area contributed by atoms with Crippen LogP contribution in [-0.2, 0) is 22.3 Å². The second-order valence-corrected chi connectivity index (χ2v) is 7.97. The standard InChI is InChI=1S/C18H18ClN3O5S/c1-25-15-8-7-12(9-16(15)26-2)18-21-17(27-22-18)10-20-28(23,24)11-13-5-3-4-6-14(13)19/h3-9,20H,10-11H2,1-2H3. The molecular formula is C18H18ClN3O5S. The van der Waals surface area contributed by atoms with Gasteiger partial charge >= 0.3 is 0 Å². The summed E-state index contributed by atoms with van der Waals surface area (Å²) in [6, 6.07) is 11.9. The van der Waals surface area contributed by atoms with E-state index in [4.69, 9.17) is 25.6 Å². The van der Waals surface area contributed by atoms with E-state index in [1.807, 2.05) is 0 Å². The molecule has 0 atom stereocenters. The molecule has 1 aromatic heterocycles. The van der Waals surface area contributed by atoms with Gasteiger partial charge in [0.25, 0.3) is 0 Å². The summed E-state index contributed by atoms with van der Waals surface area (Å²) in [4.78, 5) is 4.21. The van der Waals surface area contributed by atoms with Gasteiger partial charge in [0.2, 0.25) is 21.7 Å². The third-order valence-corrected chi connectivity index (χ3v) is 5.50. The third-order valence-electron chi connectivity index (χ3n) is 3.86. The van der Waals surface area contributed by atoms with Crippen LogP contribution in [0.5, 0.6) is 11.5 Å². The minimum atomic E-state index is -3.63. The summed E-state index contributed by atoms with van der Waals surface area (Å²) >= 11 is 6.01. The predicted octanol–water partition coefficient (Wildman–Crippen LogP) is 3.03. The molecule has 0 saturated carbocycles. The van der Waals surface area contributed by atoms with E-state index in [9.17, 15) is 8.42 Å². The first kappa shape index (κ1) is 20.1. The number of ether oxygens (including phenoxy) is 2. The zero-order valence-electron chi connectivity index (χ0n) is 15.2. The van der Waals surface area contributed by atoms with E-state index < -0.39 is 10.0 Å². The molecule has 0 fully saturated rings. The maximum absolute atomic E-state index is 12.3. The van der Waals surface area contributed by atoms with E-state index in [1.165, 1.54) is 7.11 Å². The van der Waals surface area contributed by atoms with Crippen molar-refractivity contribution >= 4 is 21.6 Å². The Kier molecular flexibility index (Phi) is 6.18. The molecule has 1 heterocycles. The molecule has 0 aliphatic heterocycles. The van der Waals surface area contributed by atoms with Crippen LogP contribution in [0.2, 0.25) is 5.02 Å². The zero-order chi connectivity index (χ0) is 20.1. The number of nitrogens with one attached hydrogen (secondary N) is 1. The fourth-order valence-corrected chi connectivity index (χ4v) is 3.85. The third kappa shape index (κ3) is 4.80. The Balaban J connectivity index is 1.69. The lowest BCUT2D eigenvalue weighted by Crippen LogP contribution is -2.25. The Morgan fingerprint density at radius 3 is 2.57 bits per heavy atom. The maximum Gasteiger partial charge on any atom is 0.242 e. The van der Waals surface area contributed by atoms with Crippen molar-refractivity contribution in [3.8, 4) is 22.9 Å². The van der Waals surface area contributed by atoms with Gasteiger partial charge in [-0.3, -0.25) is 0 Å². The number of halogens is 1. The number of aromatic nitrogens is 2. The molecule has 0 saturated heterocycles. The summed E-state index contributed by atoms with van der Waals surface area (Å²) in [5, 5.41) is 4.27. The Bertz CT molecular complexity index is 1070. The Hall–Kier alpha value is -2.62. The predicted molar refractivity (Wildman–Crippen MR) is 104 cm³/mol. The van der Waals surface area contributed by atoms with Crippen LogP contribution >= 0.6 is 11.6 Å². The van der Waals surface area contributed by atoms with Crippen LogP contribution in [0, 0.1) is 0 Å². The topological polar surface area (TPSA) is 104 Å². The molecule has 0 aliphatic rings. The normalized spacial score (nSPS) is 11.4. The highest BCUT2D eigenvalue weighted by Gasteiger charge is 2.17. The largest absolute Gasteiger partial charge is 0.493 e. The number of hydrogen-bond acceptors (Lipinski definition) is 7. The summed E-state index contributed by atoms with van der Waals surface area (Å²) < 4.78 is 42.5. The van der Waals surface area contributed by atoms with E-state index in [0.717, 1.165) is 0 Å². The van der Waals surface area contributed by atoms with Gasteiger partial charge in [-0.2, -0.15) is 4.98 Å². The average molecular weight is 424 g/mol. The van der Waals surface area contributed by atoms with Crippen LogP contribution in [0.25, 0.3) is 11.4 Å². The van der Waals surface area contributed by atoms with Crippen LogP contribution in [-0.4, -0.2) is 32.8 Å². The molecule has 10 heteroatoms. The highest BCUT2D eigenvalue weighted by molar-refractivity contribution is 7.88. The first-order chi connectivity index (χ1) is 13.4. The van der Waals surface area contributed by atoms with Crippen molar-refractivity contribution in [2.24, 2.45) is 0 Å². The van der Waals surface area contributed by atoms with Crippen LogP contribution in [0.1, 0.15) is 11.5 Å². The molecule has 0 aliphatic carbocycles. The first-order valence-corrected chi connectivity index (χ1v) is 10.2. The molecule has 148 valence electrons. The summed E-state index contributed by atoms with van der Waals surface area (Å²) in [5.41, 5.74) is 1.15. The lowest BCUT2D eigenvalue weighted by molar-refractivity contribution is 0.355. The van der Waals surface area contributed by atoms with Gasteiger partial charge in [-0.25, -0.2) is 13.1 Å². The molecule has 0 radical (unpaired) electrons. The van der Waals surface area contributed by atoms with Crippen molar-refractivity contribution in [2.45, 2.75) is 12.3 Å². The molecular weight excluding hydrogens is 406 g/mol. The second-order valence-electron chi connectivity index (χ2n) is 5.75. The molecule has 3 rings (SSSR count). The van der Waals surface area contributed by atoms with Gasteiger partial charge in [0.1, 0.15) is 0 Å². The van der Waals surface area contributed by atoms with Crippen molar-refractivity contribution in [3.63, 3.8) is 0 Å². The van der Waals surface area contributed by atoms with Crippen LogP contribution in [0.4, 0.5) is 0 Å². The van der Waals surface area contributed by atoms with Crippen LogP contribution in [0.3, 0.4) is 0 Å². The maximum atomic E-state index is 12.3. The van der Waals surface area contributed by atoms with Crippen molar-refractivity contribution < 1.29 is 22.4 Å². The molecule has 0 bridgehead atoms. The molecule has 1 N–H and O–H groups in total. The number of sulfonamides is 1. The number of hydrogen-bond donors (Lipinski definition) is 1. The smallest absolute Gasteiger partial charge is 0.242 e. The van der Waals surface area contributed by atoms with Crippen LogP contribution < -0.4 is 14.2 Å². The van der Waals surface area contributed by atoms with E-state index >= 15 is 0 Å². The van der Waals surface area contributed by atoms with Crippen molar-refractivity contribution in [1.29, 1.82) is 0 Å². The first-order valence-electron chi connectivity index (χ1n) is 8.17. The summed E-state index contributed by atoms with van der Waals surface area (Å²) in [7, 11) is -0.564. The van der Waals surface area contributed by atoms with Gasteiger partial charge in [0.05, 0.1) is 26.5 Å². The monoisotopic (exact) mass is 423 g/mol. The van der Waals surface area contributed by atoms with Crippen molar-refractivity contribution in [2.75, 3.05) is 14.2 Å². The summed E-state index contributed by atoms with van der Waals surface area (Å²) in [6.45, 7) is -0.132. The van der Waals surface area contributed by atoms with Gasteiger partial charge in [-0.1, -0.05) is 35.0 Å². The highest BCUT2D eigenvalue weighted by Crippen LogP contribution is 2.31. The summed E-state index contributed by atoms with van der Waals surface area (Å²) in [6.07, 6.45) is 0. The van der Waals surface area contributed by atoms with E-state index in [0.29, 0.717) is 33.5 Å². The van der Waals surface area contributed by atoms with Gasteiger partial charge in [-0.15, -0.1) is 0 Å². The van der Waals surface area contributed by atoms with E-state index in [1.54, 1.807) is 49.6 Å². The van der Waals surface area contributed by atoms with Gasteiger partial charge in [0, 0.05) is 10.6 Å². The minimum absolute atomic E-state index is 0.132. The molecule has 28 heavy (non-hydrogen) atoms. The lowest BCUT2D eigenvalue weighted by Gasteiger charge is -2.07. The zero-order valence-corrected chi connectivity index (χ0v) is 16.7. The van der Waals surface area contributed by atoms with E-state index in [-0.39, 0.29) is 18.2 Å². The number of rotatable bonds is 8. The number of methoxy groups -OCH3 is 2. The minimum Gasteiger partial charge on any atom is -0.493 e. The molecule has 2 aromatic carbocycles. The summed E-state index contributed by atoms with van der Waals surface area (Å²) in [5.74, 6) is 1.28. The Morgan fingerprint density at radius 2 is 1.86 bits per heavy atom. The van der Waals surface area contributed by atoms with Crippen LogP contribution in [0.15, 0.2) is 47.0 Å². The number of nitrogens with zero attached hydrogens (tertiary/aromatic N) is 2.